The average Bonchev–Trinajstić information content (AvgIpc) is 1.55. The zero-order chi connectivity index (χ0) is 5.11. The van der Waals surface area contributed by atoms with Crippen LogP contribution < -0.4 is 5.32 Å². The van der Waals surface area contributed by atoms with Crippen LogP contribution in [0.15, 0.2) is 12.2 Å². The molecule has 1 aliphatic heterocycles. The summed E-state index contributed by atoms with van der Waals surface area (Å²) >= 11 is 0. The molecule has 0 bridgehead atoms. The van der Waals surface area contributed by atoms with Gasteiger partial charge < -0.3 is 5.32 Å². The molecular formula is C6H9NY-2. The molecule has 0 aromatic heterocycles. The Balaban J connectivity index is 0.000000490. The largest absolute Gasteiger partial charge is 0.473 e. The number of hydrogen-bond acceptors (Lipinski definition) is 1. The predicted octanol–water partition coefficient (Wildman–Crippen LogP) is 0.755. The molecule has 0 aliphatic carbocycles. The predicted molar refractivity (Wildman–Crippen MR) is 30.3 cm³/mol. The normalized spacial score (nSPS) is 26.8. The van der Waals surface area contributed by atoms with E-state index >= 15 is 0 Å². The third kappa shape index (κ3) is 2.30. The first kappa shape index (κ1) is 8.67. The average molecular weight is 184 g/mol. The molecule has 0 amide bonds. The topological polar surface area (TPSA) is 12.0 Å². The Morgan fingerprint density at radius 1 is 1.75 bits per heavy atom. The Hall–Kier alpha value is 0.674. The summed E-state index contributed by atoms with van der Waals surface area (Å²) in [5.74, 6) is 0.650. The Morgan fingerprint density at radius 2 is 2.38 bits per heavy atom. The monoisotopic (exact) mass is 184 g/mol. The number of hydrogen-bond donors (Lipinski definition) is 1. The summed E-state index contributed by atoms with van der Waals surface area (Å²) in [5.41, 5.74) is 0. The van der Waals surface area contributed by atoms with Gasteiger partial charge in [-0.2, -0.15) is 5.92 Å². The second kappa shape index (κ2) is 4.54. The van der Waals surface area contributed by atoms with Crippen molar-refractivity contribution < 1.29 is 32.7 Å². The van der Waals surface area contributed by atoms with Crippen LogP contribution in [0.25, 0.3) is 0 Å². The van der Waals surface area contributed by atoms with Crippen molar-refractivity contribution in [3.05, 3.63) is 25.6 Å². The number of rotatable bonds is 1. The van der Waals surface area contributed by atoms with Crippen molar-refractivity contribution >= 4 is 0 Å². The third-order valence-electron chi connectivity index (χ3n) is 1.07. The maximum atomic E-state index is 3.58. The van der Waals surface area contributed by atoms with Crippen molar-refractivity contribution in [3.8, 4) is 0 Å². The molecule has 1 aliphatic rings. The molecule has 1 heterocycles. The van der Waals surface area contributed by atoms with Crippen LogP contribution in [-0.2, 0) is 32.7 Å². The van der Waals surface area contributed by atoms with Crippen molar-refractivity contribution in [1.82, 2.24) is 5.32 Å². The third-order valence-corrected chi connectivity index (χ3v) is 1.07. The van der Waals surface area contributed by atoms with Gasteiger partial charge in [-0.25, -0.2) is 13.0 Å². The SMILES string of the molecule is [CH2-]/C=C\C1[CH-]NC1.[Y]. The zero-order valence-electron chi connectivity index (χ0n) is 4.80. The summed E-state index contributed by atoms with van der Waals surface area (Å²) in [7, 11) is 0. The first-order chi connectivity index (χ1) is 3.43. The number of nitrogens with one attached hydrogen (secondary N) is 1. The molecule has 1 fully saturated rings. The summed E-state index contributed by atoms with van der Waals surface area (Å²) in [5, 5.41) is 3.04. The van der Waals surface area contributed by atoms with Crippen LogP contribution in [-0.4, -0.2) is 6.54 Å². The second-order valence-corrected chi connectivity index (χ2v) is 1.67. The van der Waals surface area contributed by atoms with E-state index in [0.717, 1.165) is 6.54 Å². The molecule has 0 aromatic rings. The van der Waals surface area contributed by atoms with Crippen molar-refractivity contribution in [1.29, 1.82) is 0 Å². The summed E-state index contributed by atoms with van der Waals surface area (Å²) in [6.07, 6.45) is 3.92. The van der Waals surface area contributed by atoms with Gasteiger partial charge in [0.25, 0.3) is 0 Å². The molecule has 1 nitrogen and oxygen atoms in total. The Kier molecular flexibility index (Phi) is 4.93. The van der Waals surface area contributed by atoms with E-state index in [2.05, 4.69) is 24.9 Å². The Labute approximate surface area is 75.8 Å². The van der Waals surface area contributed by atoms with Gasteiger partial charge in [0.1, 0.15) is 0 Å². The van der Waals surface area contributed by atoms with Gasteiger partial charge in [-0.3, -0.25) is 12.6 Å². The maximum Gasteiger partial charge on any atom is 0 e. The molecule has 0 aromatic carbocycles. The summed E-state index contributed by atoms with van der Waals surface area (Å²) < 4.78 is 0. The van der Waals surface area contributed by atoms with Crippen LogP contribution in [0.3, 0.4) is 0 Å². The van der Waals surface area contributed by atoms with Crippen molar-refractivity contribution in [2.45, 2.75) is 0 Å². The first-order valence-corrected chi connectivity index (χ1v) is 2.46. The van der Waals surface area contributed by atoms with Gasteiger partial charge in [-0.15, -0.1) is 0 Å². The van der Waals surface area contributed by atoms with Crippen molar-refractivity contribution in [2.24, 2.45) is 5.92 Å². The van der Waals surface area contributed by atoms with Gasteiger partial charge in [0.05, 0.1) is 0 Å². The second-order valence-electron chi connectivity index (χ2n) is 1.67. The van der Waals surface area contributed by atoms with E-state index < -0.39 is 0 Å². The van der Waals surface area contributed by atoms with Crippen molar-refractivity contribution in [3.63, 3.8) is 0 Å². The fraction of sp³-hybridized carbons (Fsp3) is 0.333. The molecule has 8 heavy (non-hydrogen) atoms. The van der Waals surface area contributed by atoms with E-state index in [1.54, 1.807) is 0 Å². The smallest absolute Gasteiger partial charge is 0 e. The van der Waals surface area contributed by atoms with Gasteiger partial charge in [0, 0.05) is 32.7 Å². The Morgan fingerprint density at radius 3 is 2.50 bits per heavy atom. The molecule has 0 saturated carbocycles. The van der Waals surface area contributed by atoms with Crippen LogP contribution in [0.5, 0.6) is 0 Å². The van der Waals surface area contributed by atoms with Crippen molar-refractivity contribution in [2.75, 3.05) is 6.54 Å². The van der Waals surface area contributed by atoms with Gasteiger partial charge in [0.2, 0.25) is 0 Å². The van der Waals surface area contributed by atoms with Crippen LogP contribution in [0.1, 0.15) is 0 Å². The Bertz CT molecular complexity index is 76.6. The first-order valence-electron chi connectivity index (χ1n) is 2.46. The summed E-state index contributed by atoms with van der Waals surface area (Å²) in [4.78, 5) is 0. The molecule has 1 unspecified atom stereocenters. The molecular weight excluding hydrogens is 175 g/mol. The molecule has 43 valence electrons. The zero-order valence-corrected chi connectivity index (χ0v) is 7.64. The minimum atomic E-state index is 0. The van der Waals surface area contributed by atoms with Gasteiger partial charge in [-0.05, 0) is 0 Å². The van der Waals surface area contributed by atoms with E-state index in [9.17, 15) is 0 Å². The summed E-state index contributed by atoms with van der Waals surface area (Å²) in [6, 6.07) is 0. The minimum absolute atomic E-state index is 0. The van der Waals surface area contributed by atoms with Crippen LogP contribution >= 0.6 is 0 Å². The quantitative estimate of drug-likeness (QED) is 0.593. The standard InChI is InChI=1S/C6H9N.Y/c1-2-3-6-4-7-5-6;/h2-4,6-7H,1,5H2;/q-2;/b3-2-;. The molecule has 2 heteroatoms. The van der Waals surface area contributed by atoms with Gasteiger partial charge >= 0.3 is 0 Å². The van der Waals surface area contributed by atoms with Crippen LogP contribution in [0.4, 0.5) is 0 Å². The van der Waals surface area contributed by atoms with Gasteiger partial charge in [-0.1, -0.05) is 6.54 Å². The van der Waals surface area contributed by atoms with Crippen LogP contribution in [0.2, 0.25) is 0 Å². The van der Waals surface area contributed by atoms with Crippen LogP contribution in [0, 0.1) is 19.4 Å². The fourth-order valence-electron chi connectivity index (χ4n) is 0.552. The minimum Gasteiger partial charge on any atom is -0.473 e. The van der Waals surface area contributed by atoms with E-state index in [-0.39, 0.29) is 32.7 Å². The fourth-order valence-corrected chi connectivity index (χ4v) is 0.552. The summed E-state index contributed by atoms with van der Waals surface area (Å²) in [6.45, 7) is 6.73. The molecule has 1 radical (unpaired) electrons. The van der Waals surface area contributed by atoms with E-state index in [0.29, 0.717) is 5.92 Å². The molecule has 1 rings (SSSR count). The van der Waals surface area contributed by atoms with Gasteiger partial charge in [0.15, 0.2) is 0 Å². The molecule has 1 saturated heterocycles. The van der Waals surface area contributed by atoms with E-state index in [1.807, 2.05) is 6.08 Å². The molecule has 1 atom stereocenters. The van der Waals surface area contributed by atoms with E-state index in [1.165, 1.54) is 0 Å². The van der Waals surface area contributed by atoms with E-state index in [4.69, 9.17) is 0 Å². The number of allylic oxidation sites excluding steroid dienone is 1. The maximum absolute atomic E-state index is 3.58. The molecule has 0 spiro atoms. The molecule has 1 N–H and O–H groups in total.